The van der Waals surface area contributed by atoms with Gasteiger partial charge in [-0.15, -0.1) is 0 Å². The highest BCUT2D eigenvalue weighted by atomic mass is 16.1. The Bertz CT molecular complexity index is 455. The first kappa shape index (κ1) is 14.7. The Morgan fingerprint density at radius 1 is 1.35 bits per heavy atom. The van der Waals surface area contributed by atoms with Crippen molar-refractivity contribution in [2.75, 3.05) is 31.9 Å². The van der Waals surface area contributed by atoms with E-state index in [-0.39, 0.29) is 17.4 Å². The van der Waals surface area contributed by atoms with Crippen LogP contribution in [0, 0.1) is 11.8 Å². The van der Waals surface area contributed by atoms with E-state index in [0.29, 0.717) is 6.54 Å². The molecule has 2 atom stereocenters. The van der Waals surface area contributed by atoms with Crippen LogP contribution in [-0.4, -0.2) is 47.0 Å². The molecule has 0 spiro atoms. The Morgan fingerprint density at radius 2 is 2.00 bits per heavy atom. The van der Waals surface area contributed by atoms with E-state index in [0.717, 1.165) is 31.5 Å². The highest BCUT2D eigenvalue weighted by Crippen LogP contribution is 2.20. The average Bonchev–Trinajstić information content (AvgIpc) is 2.38. The van der Waals surface area contributed by atoms with Crippen LogP contribution in [0.1, 0.15) is 30.8 Å². The molecule has 0 unspecified atom stereocenters. The molecular formula is C14H23N5O. The van der Waals surface area contributed by atoms with Gasteiger partial charge < -0.3 is 16.0 Å². The molecular weight excluding hydrogens is 254 g/mol. The summed E-state index contributed by atoms with van der Waals surface area (Å²) in [5.41, 5.74) is 5.83. The lowest BCUT2D eigenvalue weighted by Crippen LogP contribution is -2.43. The van der Waals surface area contributed by atoms with Crippen LogP contribution in [0.3, 0.4) is 0 Å². The van der Waals surface area contributed by atoms with Crippen LogP contribution >= 0.6 is 0 Å². The molecule has 2 rings (SSSR count). The van der Waals surface area contributed by atoms with Crippen LogP contribution in [0.5, 0.6) is 0 Å². The van der Waals surface area contributed by atoms with Gasteiger partial charge in [0.2, 0.25) is 0 Å². The minimum atomic E-state index is -0.256. The molecule has 1 aliphatic rings. The highest BCUT2D eigenvalue weighted by molar-refractivity contribution is 5.96. The van der Waals surface area contributed by atoms with Gasteiger partial charge in [0.25, 0.3) is 5.91 Å². The van der Waals surface area contributed by atoms with Gasteiger partial charge in [0.15, 0.2) is 11.5 Å². The fourth-order valence-corrected chi connectivity index (χ4v) is 2.91. The number of nitrogens with one attached hydrogen (secondary N) is 1. The standard InChI is InChI=1S/C14H23N5O/c1-10-7-11(2)9-19(8-10)6-5-18-14(20)12-13(15)17-4-3-16-12/h3-4,10-11H,5-9H2,1-2H3,(H2,15,17)(H,18,20)/t10-,11+. The number of nitrogens with two attached hydrogens (primary N) is 1. The molecule has 0 aliphatic carbocycles. The number of hydrogen-bond acceptors (Lipinski definition) is 5. The number of nitrogen functional groups attached to an aromatic ring is 1. The van der Waals surface area contributed by atoms with Crippen molar-refractivity contribution in [2.24, 2.45) is 11.8 Å². The number of aromatic nitrogens is 2. The predicted molar refractivity (Wildman–Crippen MR) is 78.2 cm³/mol. The smallest absolute Gasteiger partial charge is 0.273 e. The second-order valence-electron chi connectivity index (χ2n) is 5.75. The number of nitrogens with zero attached hydrogens (tertiary/aromatic N) is 3. The second kappa shape index (κ2) is 6.65. The molecule has 1 fully saturated rings. The SMILES string of the molecule is C[C@@H]1C[C@H](C)CN(CCNC(=O)c2nccnc2N)C1. The summed E-state index contributed by atoms with van der Waals surface area (Å²) < 4.78 is 0. The summed E-state index contributed by atoms with van der Waals surface area (Å²) in [6.07, 6.45) is 4.24. The Kier molecular flexibility index (Phi) is 4.89. The molecule has 0 radical (unpaired) electrons. The average molecular weight is 277 g/mol. The monoisotopic (exact) mass is 277 g/mol. The Hall–Kier alpha value is -1.69. The highest BCUT2D eigenvalue weighted by Gasteiger charge is 2.21. The van der Waals surface area contributed by atoms with Gasteiger partial charge in [-0.3, -0.25) is 4.79 Å². The van der Waals surface area contributed by atoms with Gasteiger partial charge in [-0.1, -0.05) is 13.8 Å². The van der Waals surface area contributed by atoms with Gasteiger partial charge in [0, 0.05) is 38.6 Å². The summed E-state index contributed by atoms with van der Waals surface area (Å²) in [6.45, 7) is 8.23. The number of rotatable bonds is 4. The Labute approximate surface area is 119 Å². The molecule has 1 aliphatic heterocycles. The number of hydrogen-bond donors (Lipinski definition) is 2. The molecule has 3 N–H and O–H groups in total. The summed E-state index contributed by atoms with van der Waals surface area (Å²) in [6, 6.07) is 0. The maximum Gasteiger partial charge on any atom is 0.273 e. The van der Waals surface area contributed by atoms with Crippen LogP contribution < -0.4 is 11.1 Å². The van der Waals surface area contributed by atoms with Crippen LogP contribution in [0.15, 0.2) is 12.4 Å². The molecule has 6 heteroatoms. The third kappa shape index (κ3) is 3.90. The summed E-state index contributed by atoms with van der Waals surface area (Å²) in [4.78, 5) is 22.1. The van der Waals surface area contributed by atoms with Gasteiger partial charge in [-0.2, -0.15) is 0 Å². The van der Waals surface area contributed by atoms with Gasteiger partial charge in [0.05, 0.1) is 0 Å². The van der Waals surface area contributed by atoms with Crippen molar-refractivity contribution in [2.45, 2.75) is 20.3 Å². The molecule has 110 valence electrons. The first-order valence-electron chi connectivity index (χ1n) is 7.13. The number of anilines is 1. The molecule has 20 heavy (non-hydrogen) atoms. The van der Waals surface area contributed by atoms with Gasteiger partial charge in [-0.05, 0) is 18.3 Å². The van der Waals surface area contributed by atoms with Crippen LogP contribution in [0.4, 0.5) is 5.82 Å². The quantitative estimate of drug-likeness (QED) is 0.849. The lowest BCUT2D eigenvalue weighted by Gasteiger charge is -2.34. The van der Waals surface area contributed by atoms with E-state index < -0.39 is 0 Å². The fraction of sp³-hybridized carbons (Fsp3) is 0.643. The summed E-state index contributed by atoms with van der Waals surface area (Å²) in [5, 5.41) is 2.85. The predicted octanol–water partition coefficient (Wildman–Crippen LogP) is 0.767. The lowest BCUT2D eigenvalue weighted by molar-refractivity contribution is 0.0932. The number of carbonyl (C=O) groups excluding carboxylic acids is 1. The van der Waals surface area contributed by atoms with Crippen molar-refractivity contribution in [1.29, 1.82) is 0 Å². The largest absolute Gasteiger partial charge is 0.382 e. The molecule has 0 bridgehead atoms. The van der Waals surface area contributed by atoms with Crippen molar-refractivity contribution in [3.05, 3.63) is 18.1 Å². The van der Waals surface area contributed by atoms with E-state index in [1.54, 1.807) is 0 Å². The topological polar surface area (TPSA) is 84.1 Å². The number of likely N-dealkylation sites (tertiary alicyclic amines) is 1. The van der Waals surface area contributed by atoms with Gasteiger partial charge in [0.1, 0.15) is 0 Å². The minimum Gasteiger partial charge on any atom is -0.382 e. The zero-order valence-corrected chi connectivity index (χ0v) is 12.2. The molecule has 1 aromatic rings. The van der Waals surface area contributed by atoms with Crippen LogP contribution in [0.25, 0.3) is 0 Å². The summed E-state index contributed by atoms with van der Waals surface area (Å²) in [5.74, 6) is 1.37. The molecule has 6 nitrogen and oxygen atoms in total. The Morgan fingerprint density at radius 3 is 2.65 bits per heavy atom. The second-order valence-corrected chi connectivity index (χ2v) is 5.75. The van der Waals surface area contributed by atoms with Crippen LogP contribution in [0.2, 0.25) is 0 Å². The molecule has 0 aromatic carbocycles. The first-order valence-corrected chi connectivity index (χ1v) is 7.13. The van der Waals surface area contributed by atoms with Crippen LogP contribution in [-0.2, 0) is 0 Å². The third-order valence-electron chi connectivity index (χ3n) is 3.60. The molecule has 1 saturated heterocycles. The lowest BCUT2D eigenvalue weighted by atomic mass is 9.92. The van der Waals surface area contributed by atoms with E-state index in [2.05, 4.69) is 34.0 Å². The zero-order valence-electron chi connectivity index (χ0n) is 12.2. The van der Waals surface area contributed by atoms with Crippen molar-refractivity contribution < 1.29 is 4.79 Å². The molecule has 1 amide bonds. The maximum atomic E-state index is 11.9. The van der Waals surface area contributed by atoms with E-state index in [9.17, 15) is 4.79 Å². The first-order chi connectivity index (χ1) is 9.56. The van der Waals surface area contributed by atoms with E-state index in [1.165, 1.54) is 18.8 Å². The number of amides is 1. The minimum absolute atomic E-state index is 0.171. The number of piperidine rings is 1. The van der Waals surface area contributed by atoms with Gasteiger partial charge >= 0.3 is 0 Å². The molecule has 1 aromatic heterocycles. The van der Waals surface area contributed by atoms with E-state index in [1.807, 2.05) is 0 Å². The normalized spacial score (nSPS) is 23.5. The summed E-state index contributed by atoms with van der Waals surface area (Å²) in [7, 11) is 0. The molecule has 2 heterocycles. The number of carbonyl (C=O) groups is 1. The van der Waals surface area contributed by atoms with Crippen molar-refractivity contribution >= 4 is 11.7 Å². The fourth-order valence-electron chi connectivity index (χ4n) is 2.91. The van der Waals surface area contributed by atoms with E-state index in [4.69, 9.17) is 5.73 Å². The third-order valence-corrected chi connectivity index (χ3v) is 3.60. The zero-order chi connectivity index (χ0) is 14.5. The van der Waals surface area contributed by atoms with Crippen molar-refractivity contribution in [3.63, 3.8) is 0 Å². The summed E-state index contributed by atoms with van der Waals surface area (Å²) >= 11 is 0. The van der Waals surface area contributed by atoms with Crippen molar-refractivity contribution in [1.82, 2.24) is 20.2 Å². The van der Waals surface area contributed by atoms with Gasteiger partial charge in [-0.25, -0.2) is 9.97 Å². The Balaban J connectivity index is 1.78. The van der Waals surface area contributed by atoms with Crippen molar-refractivity contribution in [3.8, 4) is 0 Å². The van der Waals surface area contributed by atoms with E-state index >= 15 is 0 Å². The molecule has 0 saturated carbocycles. The maximum absolute atomic E-state index is 11.9.